The molecule has 4 N–H and O–H groups in total. The second-order valence-corrected chi connectivity index (χ2v) is 6.60. The summed E-state index contributed by atoms with van der Waals surface area (Å²) in [5.74, 6) is -1.74. The average molecular weight is 368 g/mol. The molecule has 10 heteroatoms. The molecule has 0 aliphatic carbocycles. The third-order valence-electron chi connectivity index (χ3n) is 3.32. The molecule has 0 unspecified atom stereocenters. The van der Waals surface area contributed by atoms with Gasteiger partial charge in [0.25, 0.3) is 5.91 Å². The molecule has 1 aliphatic heterocycles. The third-order valence-corrected chi connectivity index (χ3v) is 3.32. The second-order valence-electron chi connectivity index (χ2n) is 6.60. The van der Waals surface area contributed by atoms with Gasteiger partial charge in [-0.25, -0.2) is 19.4 Å². The zero-order valence-electron chi connectivity index (χ0n) is 14.7. The minimum atomic E-state index is -0.879. The first-order chi connectivity index (χ1) is 12.1. The number of nitrogens with two attached hydrogens (primary N) is 1. The summed E-state index contributed by atoms with van der Waals surface area (Å²) in [4.78, 5) is 36.5. The average Bonchev–Trinajstić information content (AvgIpc) is 2.92. The summed E-state index contributed by atoms with van der Waals surface area (Å²) in [5, 5.41) is 0. The Labute approximate surface area is 149 Å². The number of ether oxygens (including phenoxy) is 2. The molecule has 9 nitrogen and oxygen atoms in total. The lowest BCUT2D eigenvalue weighted by molar-refractivity contribution is 0.0483. The Morgan fingerprint density at radius 3 is 2.62 bits per heavy atom. The highest BCUT2D eigenvalue weighted by molar-refractivity contribution is 5.96. The van der Waals surface area contributed by atoms with Gasteiger partial charge in [0.05, 0.1) is 17.8 Å². The van der Waals surface area contributed by atoms with Crippen LogP contribution in [0.15, 0.2) is 18.2 Å². The lowest BCUT2D eigenvalue weighted by Gasteiger charge is -2.19. The minimum absolute atomic E-state index is 0.154. The van der Waals surface area contributed by atoms with Crippen molar-refractivity contribution in [2.45, 2.75) is 32.5 Å². The Morgan fingerprint density at radius 1 is 1.38 bits per heavy atom. The van der Waals surface area contributed by atoms with Crippen molar-refractivity contribution in [3.63, 3.8) is 0 Å². The molecule has 2 rings (SSSR count). The molecule has 1 fully saturated rings. The van der Waals surface area contributed by atoms with Gasteiger partial charge in [0, 0.05) is 6.54 Å². The Bertz CT molecular complexity index is 719. The predicted octanol–water partition coefficient (Wildman–Crippen LogP) is 1.28. The van der Waals surface area contributed by atoms with Crippen LogP contribution >= 0.6 is 0 Å². The molecule has 0 bridgehead atoms. The van der Waals surface area contributed by atoms with Gasteiger partial charge >= 0.3 is 12.2 Å². The number of hydrazine groups is 1. The topological polar surface area (TPSA) is 123 Å². The van der Waals surface area contributed by atoms with Crippen LogP contribution in [0.2, 0.25) is 0 Å². The van der Waals surface area contributed by atoms with Crippen molar-refractivity contribution in [1.29, 1.82) is 0 Å². The first kappa shape index (κ1) is 19.4. The van der Waals surface area contributed by atoms with E-state index in [0.717, 1.165) is 6.07 Å². The maximum Gasteiger partial charge on any atom is 0.426 e. The number of amides is 3. The van der Waals surface area contributed by atoms with Crippen LogP contribution in [-0.2, 0) is 9.47 Å². The van der Waals surface area contributed by atoms with Gasteiger partial charge in [-0.05, 0) is 39.0 Å². The second kappa shape index (κ2) is 7.56. The highest BCUT2D eigenvalue weighted by Gasteiger charge is 2.32. The summed E-state index contributed by atoms with van der Waals surface area (Å²) in [6, 6.07) is 3.62. The van der Waals surface area contributed by atoms with Crippen molar-refractivity contribution in [1.82, 2.24) is 10.9 Å². The van der Waals surface area contributed by atoms with Crippen LogP contribution in [0.1, 0.15) is 31.1 Å². The quantitative estimate of drug-likeness (QED) is 0.691. The van der Waals surface area contributed by atoms with Crippen molar-refractivity contribution in [3.8, 4) is 0 Å². The molecule has 0 aromatic heterocycles. The van der Waals surface area contributed by atoms with Gasteiger partial charge in [-0.3, -0.25) is 15.1 Å². The summed E-state index contributed by atoms with van der Waals surface area (Å²) >= 11 is 0. The van der Waals surface area contributed by atoms with Crippen LogP contribution in [0, 0.1) is 5.82 Å². The van der Waals surface area contributed by atoms with E-state index >= 15 is 0 Å². The third kappa shape index (κ3) is 4.82. The van der Waals surface area contributed by atoms with E-state index in [1.54, 1.807) is 20.8 Å². The van der Waals surface area contributed by atoms with E-state index in [-0.39, 0.29) is 24.3 Å². The number of benzene rings is 1. The number of cyclic esters (lactones) is 1. The standard InChI is InChI=1S/C16H21FN4O5/c1-16(2,3)26-14(23)20-19-13(22)11-5-4-9(6-12(11)17)21-8-10(7-18)25-15(21)24/h4-6,10H,7-8,18H2,1-3H3,(H,19,22)(H,20,23)/t10-/m0/s1. The number of rotatable bonds is 3. The maximum atomic E-state index is 14.2. The number of carbonyl (C=O) groups is 3. The van der Waals surface area contributed by atoms with Gasteiger partial charge in [0.1, 0.15) is 17.5 Å². The van der Waals surface area contributed by atoms with Gasteiger partial charge in [0.2, 0.25) is 0 Å². The number of hydrogen-bond donors (Lipinski definition) is 3. The van der Waals surface area contributed by atoms with Crippen LogP contribution in [0.25, 0.3) is 0 Å². The van der Waals surface area contributed by atoms with E-state index < -0.39 is 35.6 Å². The van der Waals surface area contributed by atoms with Crippen LogP contribution in [0.5, 0.6) is 0 Å². The Kier molecular flexibility index (Phi) is 5.66. The summed E-state index contributed by atoms with van der Waals surface area (Å²) in [6.45, 7) is 5.32. The van der Waals surface area contributed by atoms with Crippen molar-refractivity contribution in [2.24, 2.45) is 5.73 Å². The van der Waals surface area contributed by atoms with Crippen LogP contribution in [-0.4, -0.2) is 42.9 Å². The Hall–Kier alpha value is -2.88. The van der Waals surface area contributed by atoms with E-state index in [0.29, 0.717) is 0 Å². The van der Waals surface area contributed by atoms with E-state index in [1.807, 2.05) is 5.43 Å². The number of anilines is 1. The van der Waals surface area contributed by atoms with Crippen LogP contribution in [0.3, 0.4) is 0 Å². The molecular weight excluding hydrogens is 347 g/mol. The highest BCUT2D eigenvalue weighted by atomic mass is 19.1. The highest BCUT2D eigenvalue weighted by Crippen LogP contribution is 2.23. The van der Waals surface area contributed by atoms with Crippen LogP contribution in [0.4, 0.5) is 19.7 Å². The van der Waals surface area contributed by atoms with Gasteiger partial charge in [0.15, 0.2) is 0 Å². The zero-order valence-corrected chi connectivity index (χ0v) is 14.7. The molecule has 1 aromatic rings. The molecule has 1 heterocycles. The molecule has 26 heavy (non-hydrogen) atoms. The molecule has 1 saturated heterocycles. The van der Waals surface area contributed by atoms with Crippen molar-refractivity contribution in [3.05, 3.63) is 29.6 Å². The van der Waals surface area contributed by atoms with E-state index in [2.05, 4.69) is 5.43 Å². The fraction of sp³-hybridized carbons (Fsp3) is 0.438. The van der Waals surface area contributed by atoms with E-state index in [9.17, 15) is 18.8 Å². The molecule has 0 spiro atoms. The smallest absolute Gasteiger partial charge is 0.426 e. The van der Waals surface area contributed by atoms with E-state index in [4.69, 9.17) is 15.2 Å². The summed E-state index contributed by atoms with van der Waals surface area (Å²) < 4.78 is 24.2. The van der Waals surface area contributed by atoms with Gasteiger partial charge in [-0.2, -0.15) is 0 Å². The molecule has 0 radical (unpaired) electrons. The normalized spacial score (nSPS) is 16.9. The number of halogens is 1. The van der Waals surface area contributed by atoms with Crippen LogP contribution < -0.4 is 21.5 Å². The molecule has 3 amide bonds. The maximum absolute atomic E-state index is 14.2. The first-order valence-electron chi connectivity index (χ1n) is 7.88. The predicted molar refractivity (Wildman–Crippen MR) is 89.9 cm³/mol. The van der Waals surface area contributed by atoms with E-state index in [1.165, 1.54) is 17.0 Å². The molecular formula is C16H21FN4O5. The first-order valence-corrected chi connectivity index (χ1v) is 7.88. The SMILES string of the molecule is CC(C)(C)OC(=O)NNC(=O)c1ccc(N2C[C@H](CN)OC2=O)cc1F. The van der Waals surface area contributed by atoms with Crippen molar-refractivity contribution >= 4 is 23.8 Å². The molecule has 1 atom stereocenters. The largest absolute Gasteiger partial charge is 0.443 e. The summed E-state index contributed by atoms with van der Waals surface area (Å²) in [6.07, 6.45) is -1.98. The number of carbonyl (C=O) groups excluding carboxylic acids is 3. The molecule has 1 aromatic carbocycles. The van der Waals surface area contributed by atoms with Gasteiger partial charge < -0.3 is 15.2 Å². The number of nitrogens with one attached hydrogen (secondary N) is 2. The minimum Gasteiger partial charge on any atom is -0.443 e. The van der Waals surface area contributed by atoms with Crippen molar-refractivity contribution < 1.29 is 28.2 Å². The zero-order chi connectivity index (χ0) is 19.5. The van der Waals surface area contributed by atoms with Gasteiger partial charge in [-0.15, -0.1) is 0 Å². The fourth-order valence-corrected chi connectivity index (χ4v) is 2.19. The Balaban J connectivity index is 2.02. The lowest BCUT2D eigenvalue weighted by atomic mass is 10.1. The fourth-order valence-electron chi connectivity index (χ4n) is 2.19. The summed E-state index contributed by atoms with van der Waals surface area (Å²) in [7, 11) is 0. The Morgan fingerprint density at radius 2 is 2.08 bits per heavy atom. The number of nitrogens with zero attached hydrogens (tertiary/aromatic N) is 1. The van der Waals surface area contributed by atoms with Gasteiger partial charge in [-0.1, -0.05) is 0 Å². The monoisotopic (exact) mass is 368 g/mol. The molecule has 142 valence electrons. The molecule has 0 saturated carbocycles. The summed E-state index contributed by atoms with van der Waals surface area (Å²) in [5.41, 5.74) is 8.71. The van der Waals surface area contributed by atoms with Crippen molar-refractivity contribution in [2.75, 3.05) is 18.0 Å². The number of hydrogen-bond acceptors (Lipinski definition) is 6. The molecule has 1 aliphatic rings. The lowest BCUT2D eigenvalue weighted by Crippen LogP contribution is -2.44.